The second kappa shape index (κ2) is 6.82. The van der Waals surface area contributed by atoms with Crippen LogP contribution in [0.4, 0.5) is 4.79 Å². The van der Waals surface area contributed by atoms with Crippen LogP contribution in [0, 0.1) is 0 Å². The van der Waals surface area contributed by atoms with Gasteiger partial charge in [0, 0.05) is 13.0 Å². The van der Waals surface area contributed by atoms with Gasteiger partial charge in [-0.15, -0.1) is 0 Å². The number of amides is 2. The van der Waals surface area contributed by atoms with Crippen molar-refractivity contribution < 1.29 is 19.1 Å². The van der Waals surface area contributed by atoms with Gasteiger partial charge in [-0.1, -0.05) is 13.8 Å². The zero-order chi connectivity index (χ0) is 14.3. The highest BCUT2D eigenvalue weighted by Crippen LogP contribution is 2.15. The molecule has 3 N–H and O–H groups in total. The lowest BCUT2D eigenvalue weighted by molar-refractivity contribution is -0.144. The molecule has 1 heterocycles. The molecular weight excluding hydrogens is 248 g/mol. The number of nitrogens with one attached hydrogen (secondary N) is 2. The Morgan fingerprint density at radius 2 is 2.05 bits per heavy atom. The van der Waals surface area contributed by atoms with Gasteiger partial charge in [-0.2, -0.15) is 0 Å². The van der Waals surface area contributed by atoms with Gasteiger partial charge in [0.15, 0.2) is 0 Å². The van der Waals surface area contributed by atoms with E-state index in [1.807, 2.05) is 6.07 Å². The molecule has 0 unspecified atom stereocenters. The van der Waals surface area contributed by atoms with Gasteiger partial charge in [-0.3, -0.25) is 0 Å². The van der Waals surface area contributed by atoms with Crippen molar-refractivity contribution in [1.82, 2.24) is 10.6 Å². The maximum absolute atomic E-state index is 11.7. The van der Waals surface area contributed by atoms with E-state index >= 15 is 0 Å². The van der Waals surface area contributed by atoms with Crippen molar-refractivity contribution in [3.63, 3.8) is 0 Å². The molecule has 1 aromatic rings. The first-order valence-electron chi connectivity index (χ1n) is 6.36. The molecule has 19 heavy (non-hydrogen) atoms. The molecule has 0 bridgehead atoms. The highest BCUT2D eigenvalue weighted by atomic mass is 16.4. The van der Waals surface area contributed by atoms with Crippen LogP contribution in [0.2, 0.25) is 0 Å². The Hall–Kier alpha value is -1.98. The Kier molecular flexibility index (Phi) is 5.41. The monoisotopic (exact) mass is 268 g/mol. The average Bonchev–Trinajstić information content (AvgIpc) is 2.89. The summed E-state index contributed by atoms with van der Waals surface area (Å²) in [6.07, 6.45) is 2.81. The number of aliphatic carboxylic acids is 1. The fourth-order valence-electron chi connectivity index (χ4n) is 1.80. The molecule has 6 nitrogen and oxygen atoms in total. The number of hydrogen-bond donors (Lipinski definition) is 3. The summed E-state index contributed by atoms with van der Waals surface area (Å²) in [4.78, 5) is 22.9. The minimum Gasteiger partial charge on any atom is -0.480 e. The fraction of sp³-hybridized carbons (Fsp3) is 0.538. The van der Waals surface area contributed by atoms with Crippen molar-refractivity contribution in [2.45, 2.75) is 38.6 Å². The van der Waals surface area contributed by atoms with Gasteiger partial charge in [0.25, 0.3) is 0 Å². The topological polar surface area (TPSA) is 91.6 Å². The van der Waals surface area contributed by atoms with E-state index in [0.29, 0.717) is 25.8 Å². The Balaban J connectivity index is 2.43. The average molecular weight is 268 g/mol. The maximum Gasteiger partial charge on any atom is 0.329 e. The number of carbonyl (C=O) groups excluding carboxylic acids is 1. The molecule has 0 aliphatic carbocycles. The summed E-state index contributed by atoms with van der Waals surface area (Å²) >= 11 is 0. The molecule has 0 spiro atoms. The first-order valence-corrected chi connectivity index (χ1v) is 6.36. The Morgan fingerprint density at radius 3 is 2.53 bits per heavy atom. The molecule has 0 aliphatic rings. The van der Waals surface area contributed by atoms with Crippen molar-refractivity contribution in [3.05, 3.63) is 24.2 Å². The van der Waals surface area contributed by atoms with E-state index < -0.39 is 17.5 Å². The summed E-state index contributed by atoms with van der Waals surface area (Å²) in [6, 6.07) is 3.12. The summed E-state index contributed by atoms with van der Waals surface area (Å²) in [5.74, 6) is -0.241. The van der Waals surface area contributed by atoms with Gasteiger partial charge < -0.3 is 20.2 Å². The summed E-state index contributed by atoms with van der Waals surface area (Å²) in [5, 5.41) is 14.3. The van der Waals surface area contributed by atoms with Gasteiger partial charge in [0.1, 0.15) is 11.3 Å². The van der Waals surface area contributed by atoms with Crippen molar-refractivity contribution in [3.8, 4) is 0 Å². The number of carbonyl (C=O) groups is 2. The Labute approximate surface area is 112 Å². The standard InChI is InChI=1S/C13H20N2O4/c1-3-13(4-2,11(16)17)15-12(18)14-8-7-10-6-5-9-19-10/h5-6,9H,3-4,7-8H2,1-2H3,(H,16,17)(H2,14,15,18). The van der Waals surface area contributed by atoms with E-state index in [9.17, 15) is 14.7 Å². The van der Waals surface area contributed by atoms with Gasteiger partial charge in [-0.05, 0) is 25.0 Å². The number of carboxylic acid groups (broad SMARTS) is 1. The van der Waals surface area contributed by atoms with Gasteiger partial charge in [0.05, 0.1) is 6.26 Å². The molecule has 0 aromatic carbocycles. The summed E-state index contributed by atoms with van der Waals surface area (Å²) < 4.78 is 5.13. The third-order valence-corrected chi connectivity index (χ3v) is 3.21. The highest BCUT2D eigenvalue weighted by molar-refractivity contribution is 5.86. The van der Waals surface area contributed by atoms with Gasteiger partial charge in [-0.25, -0.2) is 9.59 Å². The molecular formula is C13H20N2O4. The van der Waals surface area contributed by atoms with Crippen LogP contribution >= 0.6 is 0 Å². The van der Waals surface area contributed by atoms with E-state index in [-0.39, 0.29) is 0 Å². The largest absolute Gasteiger partial charge is 0.480 e. The second-order valence-corrected chi connectivity index (χ2v) is 4.30. The van der Waals surface area contributed by atoms with Crippen molar-refractivity contribution in [2.24, 2.45) is 0 Å². The van der Waals surface area contributed by atoms with Crippen LogP contribution in [0.25, 0.3) is 0 Å². The van der Waals surface area contributed by atoms with Crippen molar-refractivity contribution >= 4 is 12.0 Å². The zero-order valence-corrected chi connectivity index (χ0v) is 11.2. The highest BCUT2D eigenvalue weighted by Gasteiger charge is 2.36. The third-order valence-electron chi connectivity index (χ3n) is 3.21. The van der Waals surface area contributed by atoms with E-state index in [1.165, 1.54) is 0 Å². The number of rotatable bonds is 7. The molecule has 1 aromatic heterocycles. The van der Waals surface area contributed by atoms with E-state index in [4.69, 9.17) is 4.42 Å². The quantitative estimate of drug-likeness (QED) is 0.702. The lowest BCUT2D eigenvalue weighted by Crippen LogP contribution is -2.56. The van der Waals surface area contributed by atoms with Crippen LogP contribution in [0.15, 0.2) is 22.8 Å². The Morgan fingerprint density at radius 1 is 1.37 bits per heavy atom. The minimum atomic E-state index is -1.20. The van der Waals surface area contributed by atoms with E-state index in [1.54, 1.807) is 26.2 Å². The van der Waals surface area contributed by atoms with Crippen LogP contribution in [0.3, 0.4) is 0 Å². The summed E-state index contributed by atoms with van der Waals surface area (Å²) in [7, 11) is 0. The second-order valence-electron chi connectivity index (χ2n) is 4.30. The molecule has 0 fully saturated rings. The Bertz CT molecular complexity index is 410. The smallest absolute Gasteiger partial charge is 0.329 e. The normalized spacial score (nSPS) is 11.1. The number of furan rings is 1. The van der Waals surface area contributed by atoms with Gasteiger partial charge >= 0.3 is 12.0 Å². The summed E-state index contributed by atoms with van der Waals surface area (Å²) in [6.45, 7) is 3.87. The lowest BCUT2D eigenvalue weighted by Gasteiger charge is -2.28. The lowest BCUT2D eigenvalue weighted by atomic mass is 9.93. The maximum atomic E-state index is 11.7. The van der Waals surface area contributed by atoms with Crippen LogP contribution < -0.4 is 10.6 Å². The number of hydrogen-bond acceptors (Lipinski definition) is 3. The third kappa shape index (κ3) is 4.01. The van der Waals surface area contributed by atoms with Crippen molar-refractivity contribution in [2.75, 3.05) is 6.54 Å². The first kappa shape index (κ1) is 15.1. The van der Waals surface area contributed by atoms with Crippen LogP contribution in [0.5, 0.6) is 0 Å². The molecule has 0 saturated heterocycles. The zero-order valence-electron chi connectivity index (χ0n) is 11.2. The van der Waals surface area contributed by atoms with Crippen molar-refractivity contribution in [1.29, 1.82) is 0 Å². The number of urea groups is 1. The first-order chi connectivity index (χ1) is 9.04. The number of carboxylic acids is 1. The summed E-state index contributed by atoms with van der Waals surface area (Å²) in [5.41, 5.74) is -1.20. The molecule has 0 saturated carbocycles. The molecule has 0 radical (unpaired) electrons. The minimum absolute atomic E-state index is 0.338. The van der Waals surface area contributed by atoms with E-state index in [2.05, 4.69) is 10.6 Å². The fourth-order valence-corrected chi connectivity index (χ4v) is 1.80. The molecule has 0 aliphatic heterocycles. The predicted molar refractivity (Wildman–Crippen MR) is 69.9 cm³/mol. The molecule has 1 rings (SSSR count). The van der Waals surface area contributed by atoms with Gasteiger partial charge in [0.2, 0.25) is 0 Å². The van der Waals surface area contributed by atoms with Crippen LogP contribution in [0.1, 0.15) is 32.4 Å². The molecule has 2 amide bonds. The predicted octanol–water partition coefficient (Wildman–Crippen LogP) is 1.76. The van der Waals surface area contributed by atoms with Crippen LogP contribution in [-0.4, -0.2) is 29.2 Å². The molecule has 0 atom stereocenters. The molecule has 106 valence electrons. The SMILES string of the molecule is CCC(CC)(NC(=O)NCCc1ccco1)C(=O)O. The molecule has 6 heteroatoms. The van der Waals surface area contributed by atoms with E-state index in [0.717, 1.165) is 5.76 Å². The van der Waals surface area contributed by atoms with Crippen LogP contribution in [-0.2, 0) is 11.2 Å².